The molecule has 2 amide bonds. The van der Waals surface area contributed by atoms with Crippen LogP contribution in [0.2, 0.25) is 0 Å². The highest BCUT2D eigenvalue weighted by Gasteiger charge is 2.03. The standard InChI is InChI=1S/C11H14N2O2/c1-9(15)13(2)7-10-4-3-5-11(6-10)12-8-14/h3-6,8H,7H2,1-2H3,(H,12,14). The molecule has 0 aromatic heterocycles. The van der Waals surface area contributed by atoms with Crippen molar-refractivity contribution < 1.29 is 9.59 Å². The van der Waals surface area contributed by atoms with Crippen LogP contribution in [-0.4, -0.2) is 24.3 Å². The van der Waals surface area contributed by atoms with Crippen molar-refractivity contribution in [2.24, 2.45) is 0 Å². The summed E-state index contributed by atoms with van der Waals surface area (Å²) in [6.07, 6.45) is 0.633. The molecule has 0 unspecified atom stereocenters. The molecule has 0 heterocycles. The zero-order valence-electron chi connectivity index (χ0n) is 8.86. The summed E-state index contributed by atoms with van der Waals surface area (Å²) in [4.78, 5) is 22.9. The number of rotatable bonds is 4. The van der Waals surface area contributed by atoms with Gasteiger partial charge in [0.25, 0.3) is 0 Å². The Kier molecular flexibility index (Phi) is 3.85. The lowest BCUT2D eigenvalue weighted by molar-refractivity contribution is -0.128. The third-order valence-electron chi connectivity index (χ3n) is 2.11. The van der Waals surface area contributed by atoms with Crippen molar-refractivity contribution in [1.29, 1.82) is 0 Å². The van der Waals surface area contributed by atoms with Crippen molar-refractivity contribution in [2.45, 2.75) is 13.5 Å². The van der Waals surface area contributed by atoms with Gasteiger partial charge in [0.15, 0.2) is 0 Å². The van der Waals surface area contributed by atoms with E-state index in [1.807, 2.05) is 18.2 Å². The summed E-state index contributed by atoms with van der Waals surface area (Å²) < 4.78 is 0. The molecule has 4 heteroatoms. The molecule has 0 aliphatic rings. The minimum absolute atomic E-state index is 0.0174. The SMILES string of the molecule is CC(=O)N(C)Cc1cccc(NC=O)c1. The van der Waals surface area contributed by atoms with Gasteiger partial charge in [0.2, 0.25) is 12.3 Å². The lowest BCUT2D eigenvalue weighted by Gasteiger charge is -2.15. The van der Waals surface area contributed by atoms with Gasteiger partial charge in [-0.05, 0) is 17.7 Å². The normalized spacial score (nSPS) is 9.47. The number of nitrogens with zero attached hydrogens (tertiary/aromatic N) is 1. The minimum atomic E-state index is 0.0174. The number of nitrogens with one attached hydrogen (secondary N) is 1. The first-order chi connectivity index (χ1) is 7.13. The molecule has 4 nitrogen and oxygen atoms in total. The monoisotopic (exact) mass is 206 g/mol. The van der Waals surface area contributed by atoms with Crippen molar-refractivity contribution >= 4 is 18.0 Å². The Balaban J connectivity index is 2.72. The molecular weight excluding hydrogens is 192 g/mol. The topological polar surface area (TPSA) is 49.4 Å². The Bertz CT molecular complexity index is 363. The highest BCUT2D eigenvalue weighted by atomic mass is 16.2. The van der Waals surface area contributed by atoms with Crippen LogP contribution in [-0.2, 0) is 16.1 Å². The smallest absolute Gasteiger partial charge is 0.219 e. The molecule has 0 spiro atoms. The molecule has 0 saturated carbocycles. The lowest BCUT2D eigenvalue weighted by atomic mass is 10.2. The van der Waals surface area contributed by atoms with Crippen molar-refractivity contribution in [3.8, 4) is 0 Å². The predicted molar refractivity (Wildman–Crippen MR) is 58.3 cm³/mol. The summed E-state index contributed by atoms with van der Waals surface area (Å²) >= 11 is 0. The van der Waals surface area contributed by atoms with Gasteiger partial charge in [0.05, 0.1) is 0 Å². The van der Waals surface area contributed by atoms with E-state index in [1.54, 1.807) is 18.0 Å². The molecule has 0 atom stereocenters. The van der Waals surface area contributed by atoms with E-state index in [9.17, 15) is 9.59 Å². The van der Waals surface area contributed by atoms with Crippen LogP contribution in [0.1, 0.15) is 12.5 Å². The van der Waals surface area contributed by atoms with Gasteiger partial charge >= 0.3 is 0 Å². The van der Waals surface area contributed by atoms with Crippen LogP contribution < -0.4 is 5.32 Å². The van der Waals surface area contributed by atoms with Gasteiger partial charge < -0.3 is 10.2 Å². The Morgan fingerprint density at radius 1 is 1.53 bits per heavy atom. The molecule has 1 N–H and O–H groups in total. The number of carbonyl (C=O) groups is 2. The van der Waals surface area contributed by atoms with Gasteiger partial charge in [-0.3, -0.25) is 9.59 Å². The van der Waals surface area contributed by atoms with E-state index < -0.39 is 0 Å². The summed E-state index contributed by atoms with van der Waals surface area (Å²) in [6.45, 7) is 2.07. The fraction of sp³-hybridized carbons (Fsp3) is 0.273. The number of hydrogen-bond donors (Lipinski definition) is 1. The minimum Gasteiger partial charge on any atom is -0.342 e. The number of hydrogen-bond acceptors (Lipinski definition) is 2. The maximum Gasteiger partial charge on any atom is 0.219 e. The van der Waals surface area contributed by atoms with E-state index in [4.69, 9.17) is 0 Å². The molecule has 0 bridgehead atoms. The van der Waals surface area contributed by atoms with Crippen molar-refractivity contribution in [1.82, 2.24) is 4.90 Å². The van der Waals surface area contributed by atoms with Gasteiger partial charge in [0.1, 0.15) is 0 Å². The van der Waals surface area contributed by atoms with E-state index in [-0.39, 0.29) is 5.91 Å². The van der Waals surface area contributed by atoms with Crippen LogP contribution >= 0.6 is 0 Å². The van der Waals surface area contributed by atoms with Crippen molar-refractivity contribution in [3.05, 3.63) is 29.8 Å². The average Bonchev–Trinajstić information content (AvgIpc) is 2.18. The Hall–Kier alpha value is -1.84. The van der Waals surface area contributed by atoms with Crippen LogP contribution in [0, 0.1) is 0 Å². The van der Waals surface area contributed by atoms with Crippen LogP contribution in [0.25, 0.3) is 0 Å². The van der Waals surface area contributed by atoms with Gasteiger partial charge in [-0.25, -0.2) is 0 Å². The van der Waals surface area contributed by atoms with Crippen LogP contribution in [0.3, 0.4) is 0 Å². The number of amides is 2. The number of benzene rings is 1. The van der Waals surface area contributed by atoms with Gasteiger partial charge in [-0.15, -0.1) is 0 Å². The Morgan fingerprint density at radius 3 is 2.87 bits per heavy atom. The van der Waals surface area contributed by atoms with Gasteiger partial charge in [0, 0.05) is 26.2 Å². The third kappa shape index (κ3) is 3.42. The third-order valence-corrected chi connectivity index (χ3v) is 2.11. The largest absolute Gasteiger partial charge is 0.342 e. The van der Waals surface area contributed by atoms with Crippen LogP contribution in [0.5, 0.6) is 0 Å². The molecule has 1 rings (SSSR count). The Labute approximate surface area is 88.9 Å². The Morgan fingerprint density at radius 2 is 2.27 bits per heavy atom. The summed E-state index contributed by atoms with van der Waals surface area (Å²) in [5, 5.41) is 2.57. The van der Waals surface area contributed by atoms with Gasteiger partial charge in [-0.2, -0.15) is 0 Å². The zero-order chi connectivity index (χ0) is 11.3. The van der Waals surface area contributed by atoms with Crippen LogP contribution in [0.15, 0.2) is 24.3 Å². The molecular formula is C11H14N2O2. The quantitative estimate of drug-likeness (QED) is 0.753. The predicted octanol–water partition coefficient (Wildman–Crippen LogP) is 1.23. The maximum atomic E-state index is 11.0. The molecule has 1 aromatic rings. The molecule has 0 aliphatic heterocycles. The summed E-state index contributed by atoms with van der Waals surface area (Å²) in [6, 6.07) is 7.39. The summed E-state index contributed by atoms with van der Waals surface area (Å²) in [5.74, 6) is 0.0174. The lowest BCUT2D eigenvalue weighted by Crippen LogP contribution is -2.22. The fourth-order valence-corrected chi connectivity index (χ4v) is 1.21. The molecule has 80 valence electrons. The summed E-state index contributed by atoms with van der Waals surface area (Å²) in [5.41, 5.74) is 1.72. The number of anilines is 1. The van der Waals surface area contributed by atoms with Gasteiger partial charge in [-0.1, -0.05) is 12.1 Å². The first kappa shape index (κ1) is 11.2. The van der Waals surface area contributed by atoms with Crippen LogP contribution in [0.4, 0.5) is 5.69 Å². The highest BCUT2D eigenvalue weighted by Crippen LogP contribution is 2.11. The van der Waals surface area contributed by atoms with E-state index >= 15 is 0 Å². The fourth-order valence-electron chi connectivity index (χ4n) is 1.21. The van der Waals surface area contributed by atoms with E-state index in [1.165, 1.54) is 6.92 Å². The first-order valence-electron chi connectivity index (χ1n) is 4.64. The molecule has 0 aliphatic carbocycles. The van der Waals surface area contributed by atoms with E-state index in [0.29, 0.717) is 13.0 Å². The second-order valence-corrected chi connectivity index (χ2v) is 3.34. The second-order valence-electron chi connectivity index (χ2n) is 3.34. The molecule has 0 radical (unpaired) electrons. The summed E-state index contributed by atoms with van der Waals surface area (Å²) in [7, 11) is 1.74. The van der Waals surface area contributed by atoms with Crippen molar-refractivity contribution in [2.75, 3.05) is 12.4 Å². The molecule has 0 fully saturated rings. The highest BCUT2D eigenvalue weighted by molar-refractivity contribution is 5.73. The first-order valence-corrected chi connectivity index (χ1v) is 4.64. The molecule has 1 aromatic carbocycles. The van der Waals surface area contributed by atoms with E-state index in [2.05, 4.69) is 5.32 Å². The average molecular weight is 206 g/mol. The number of carbonyl (C=O) groups excluding carboxylic acids is 2. The zero-order valence-corrected chi connectivity index (χ0v) is 8.86. The second kappa shape index (κ2) is 5.14. The van der Waals surface area contributed by atoms with E-state index in [0.717, 1.165) is 11.3 Å². The molecule has 15 heavy (non-hydrogen) atoms. The maximum absolute atomic E-state index is 11.0. The molecule has 0 saturated heterocycles. The van der Waals surface area contributed by atoms with Crippen molar-refractivity contribution in [3.63, 3.8) is 0 Å².